The number of nitrogens with zero attached hydrogens (tertiary/aromatic N) is 5. The number of aromatic nitrogens is 5. The van der Waals surface area contributed by atoms with E-state index in [1.165, 1.54) is 46.2 Å². The van der Waals surface area contributed by atoms with Crippen LogP contribution in [0.3, 0.4) is 0 Å². The predicted molar refractivity (Wildman–Crippen MR) is 77.4 cm³/mol. The van der Waals surface area contributed by atoms with Gasteiger partial charge in [-0.1, -0.05) is 0 Å². The number of halogens is 1. The van der Waals surface area contributed by atoms with Crippen molar-refractivity contribution in [2.75, 3.05) is 0 Å². The van der Waals surface area contributed by atoms with Gasteiger partial charge in [0.2, 0.25) is 0 Å². The van der Waals surface area contributed by atoms with Crippen LogP contribution in [0.5, 0.6) is 5.75 Å². The summed E-state index contributed by atoms with van der Waals surface area (Å²) in [6, 6.07) is 5.51. The van der Waals surface area contributed by atoms with Crippen molar-refractivity contribution in [3.05, 3.63) is 54.1 Å². The molecule has 0 fully saturated rings. The van der Waals surface area contributed by atoms with Gasteiger partial charge in [-0.15, -0.1) is 0 Å². The van der Waals surface area contributed by atoms with Crippen LogP contribution in [-0.2, 0) is 13.6 Å². The van der Waals surface area contributed by atoms with E-state index in [-0.39, 0.29) is 23.8 Å². The van der Waals surface area contributed by atoms with E-state index in [4.69, 9.17) is 0 Å². The zero-order chi connectivity index (χ0) is 16.4. The third-order valence-electron chi connectivity index (χ3n) is 3.21. The van der Waals surface area contributed by atoms with Crippen LogP contribution in [0.1, 0.15) is 16.3 Å². The van der Waals surface area contributed by atoms with E-state index in [0.717, 1.165) is 0 Å². The fraction of sp³-hybridized carbons (Fsp3) is 0.143. The van der Waals surface area contributed by atoms with Gasteiger partial charge in [-0.25, -0.2) is 14.1 Å². The average Bonchev–Trinajstić information content (AvgIpc) is 3.11. The Morgan fingerprint density at radius 1 is 1.35 bits per heavy atom. The first-order valence-electron chi connectivity index (χ1n) is 6.70. The molecule has 0 aliphatic rings. The molecule has 3 rings (SSSR count). The number of rotatable bonds is 4. The van der Waals surface area contributed by atoms with Crippen LogP contribution in [0.4, 0.5) is 4.39 Å². The highest BCUT2D eigenvalue weighted by Crippen LogP contribution is 2.18. The van der Waals surface area contributed by atoms with E-state index in [1.807, 2.05) is 0 Å². The van der Waals surface area contributed by atoms with Gasteiger partial charge in [-0.3, -0.25) is 9.48 Å². The van der Waals surface area contributed by atoms with Crippen LogP contribution in [0.25, 0.3) is 5.69 Å². The maximum absolute atomic E-state index is 12.9. The summed E-state index contributed by atoms with van der Waals surface area (Å²) in [4.78, 5) is 16.1. The molecule has 0 atom stereocenters. The van der Waals surface area contributed by atoms with Crippen molar-refractivity contribution in [3.8, 4) is 11.4 Å². The summed E-state index contributed by atoms with van der Waals surface area (Å²) in [5, 5.41) is 20.4. The predicted octanol–water partition coefficient (Wildman–Crippen LogP) is 0.775. The minimum atomic E-state index is -0.550. The standard InChI is InChI=1S/C14H13FN6O2/c1-20-12(17-8-18-20)6-16-14(23)13-11(22)7-21(19-13)10-4-2-9(15)3-5-10/h2-5,7-8,22H,6H2,1H3,(H,16,23). The minimum absolute atomic E-state index is 0.128. The van der Waals surface area contributed by atoms with Crippen molar-refractivity contribution in [2.45, 2.75) is 6.54 Å². The summed E-state index contributed by atoms with van der Waals surface area (Å²) in [6.45, 7) is 0.151. The lowest BCUT2D eigenvalue weighted by molar-refractivity contribution is 0.0941. The number of carbonyl (C=O) groups excluding carboxylic acids is 1. The van der Waals surface area contributed by atoms with E-state index in [0.29, 0.717) is 11.5 Å². The minimum Gasteiger partial charge on any atom is -0.504 e. The Morgan fingerprint density at radius 3 is 2.74 bits per heavy atom. The lowest BCUT2D eigenvalue weighted by Gasteiger charge is -2.03. The molecule has 8 nitrogen and oxygen atoms in total. The summed E-state index contributed by atoms with van der Waals surface area (Å²) in [5.74, 6) is -0.640. The monoisotopic (exact) mass is 316 g/mol. The van der Waals surface area contributed by atoms with Gasteiger partial charge in [0.15, 0.2) is 11.4 Å². The van der Waals surface area contributed by atoms with Crippen molar-refractivity contribution < 1.29 is 14.3 Å². The van der Waals surface area contributed by atoms with Gasteiger partial charge in [-0.2, -0.15) is 10.2 Å². The number of aromatic hydroxyl groups is 1. The lowest BCUT2D eigenvalue weighted by Crippen LogP contribution is -2.25. The molecule has 0 bridgehead atoms. The largest absolute Gasteiger partial charge is 0.504 e. The molecular weight excluding hydrogens is 303 g/mol. The molecule has 0 radical (unpaired) electrons. The average molecular weight is 316 g/mol. The normalized spacial score (nSPS) is 10.7. The second kappa shape index (κ2) is 5.87. The van der Waals surface area contributed by atoms with E-state index in [2.05, 4.69) is 20.5 Å². The fourth-order valence-electron chi connectivity index (χ4n) is 1.98. The van der Waals surface area contributed by atoms with Crippen molar-refractivity contribution in [2.24, 2.45) is 7.05 Å². The first-order valence-corrected chi connectivity index (χ1v) is 6.70. The van der Waals surface area contributed by atoms with Crippen molar-refractivity contribution >= 4 is 5.91 Å². The highest BCUT2D eigenvalue weighted by atomic mass is 19.1. The SMILES string of the molecule is Cn1ncnc1CNC(=O)c1nn(-c2ccc(F)cc2)cc1O. The number of amides is 1. The number of carbonyl (C=O) groups is 1. The van der Waals surface area contributed by atoms with Crippen molar-refractivity contribution in [3.63, 3.8) is 0 Å². The summed E-state index contributed by atoms with van der Waals surface area (Å²) < 4.78 is 15.7. The molecule has 118 valence electrons. The smallest absolute Gasteiger partial charge is 0.276 e. The Bertz CT molecular complexity index is 839. The van der Waals surface area contributed by atoms with Crippen LogP contribution in [0.15, 0.2) is 36.8 Å². The zero-order valence-corrected chi connectivity index (χ0v) is 12.1. The van der Waals surface area contributed by atoms with Gasteiger partial charge in [0.05, 0.1) is 18.4 Å². The maximum atomic E-state index is 12.9. The highest BCUT2D eigenvalue weighted by molar-refractivity contribution is 5.94. The zero-order valence-electron chi connectivity index (χ0n) is 12.1. The molecule has 2 N–H and O–H groups in total. The number of aryl methyl sites for hydroxylation is 1. The van der Waals surface area contributed by atoms with Crippen LogP contribution in [0, 0.1) is 5.82 Å². The molecule has 9 heteroatoms. The van der Waals surface area contributed by atoms with Gasteiger partial charge in [0, 0.05) is 7.05 Å². The molecule has 0 saturated heterocycles. The van der Waals surface area contributed by atoms with Crippen LogP contribution in [0.2, 0.25) is 0 Å². The Balaban J connectivity index is 1.76. The third kappa shape index (κ3) is 3.03. The first kappa shape index (κ1) is 14.7. The third-order valence-corrected chi connectivity index (χ3v) is 3.21. The van der Waals surface area contributed by atoms with Gasteiger partial charge < -0.3 is 10.4 Å². The molecule has 1 amide bonds. The summed E-state index contributed by atoms with van der Waals surface area (Å²) in [6.07, 6.45) is 2.66. The molecule has 0 aliphatic carbocycles. The summed E-state index contributed by atoms with van der Waals surface area (Å²) in [7, 11) is 1.70. The van der Waals surface area contributed by atoms with Gasteiger partial charge in [0.25, 0.3) is 5.91 Å². The van der Waals surface area contributed by atoms with Crippen LogP contribution >= 0.6 is 0 Å². The van der Waals surface area contributed by atoms with Gasteiger partial charge >= 0.3 is 0 Å². The summed E-state index contributed by atoms with van der Waals surface area (Å²) in [5.41, 5.74) is 0.394. The Hall–Kier alpha value is -3.23. The number of hydrogen-bond donors (Lipinski definition) is 2. The highest BCUT2D eigenvalue weighted by Gasteiger charge is 2.17. The quantitative estimate of drug-likeness (QED) is 0.741. The molecule has 0 spiro atoms. The molecule has 2 aromatic heterocycles. The number of hydrogen-bond acceptors (Lipinski definition) is 5. The molecule has 0 unspecified atom stereocenters. The lowest BCUT2D eigenvalue weighted by atomic mass is 10.3. The Morgan fingerprint density at radius 2 is 2.09 bits per heavy atom. The second-order valence-corrected chi connectivity index (χ2v) is 4.77. The fourth-order valence-corrected chi connectivity index (χ4v) is 1.98. The van der Waals surface area contributed by atoms with E-state index >= 15 is 0 Å². The molecule has 1 aromatic carbocycles. The van der Waals surface area contributed by atoms with Crippen LogP contribution in [-0.4, -0.2) is 35.6 Å². The topological polar surface area (TPSA) is 97.9 Å². The summed E-state index contributed by atoms with van der Waals surface area (Å²) >= 11 is 0. The Labute approximate surface area is 130 Å². The molecule has 23 heavy (non-hydrogen) atoms. The molecular formula is C14H13FN6O2. The number of nitrogens with one attached hydrogen (secondary N) is 1. The molecule has 2 heterocycles. The van der Waals surface area contributed by atoms with Crippen molar-refractivity contribution in [1.29, 1.82) is 0 Å². The number of benzene rings is 1. The first-order chi connectivity index (χ1) is 11.0. The van der Waals surface area contributed by atoms with Crippen molar-refractivity contribution in [1.82, 2.24) is 29.9 Å². The van der Waals surface area contributed by atoms with Gasteiger partial charge in [-0.05, 0) is 24.3 Å². The Kier molecular flexibility index (Phi) is 3.75. The second-order valence-electron chi connectivity index (χ2n) is 4.77. The van der Waals surface area contributed by atoms with E-state index in [9.17, 15) is 14.3 Å². The molecule has 0 aliphatic heterocycles. The maximum Gasteiger partial charge on any atom is 0.276 e. The molecule has 3 aromatic rings. The van der Waals surface area contributed by atoms with E-state index in [1.54, 1.807) is 7.05 Å². The van der Waals surface area contributed by atoms with Crippen LogP contribution < -0.4 is 5.32 Å². The van der Waals surface area contributed by atoms with Gasteiger partial charge in [0.1, 0.15) is 18.0 Å². The molecule has 0 saturated carbocycles. The van der Waals surface area contributed by atoms with E-state index < -0.39 is 5.91 Å².